The number of phenols is 1. The van der Waals surface area contributed by atoms with Gasteiger partial charge < -0.3 is 14.7 Å². The molecule has 0 radical (unpaired) electrons. The Morgan fingerprint density at radius 3 is 1.57 bits per heavy atom. The van der Waals surface area contributed by atoms with Gasteiger partial charge in [-0.2, -0.15) is 0 Å². The van der Waals surface area contributed by atoms with Gasteiger partial charge in [0.2, 0.25) is 0 Å². The lowest BCUT2D eigenvalue weighted by Crippen LogP contribution is -2.09. The SMILES string of the molecule is CC.COc1ccc2cc(N(c3ccccc3)c3ccc4cc(C(C)c5ccc6cc(O)ccc6c5)ccc4c3)ccc2c1. The van der Waals surface area contributed by atoms with Crippen molar-refractivity contribution in [1.82, 2.24) is 0 Å². The second kappa shape index (κ2) is 12.5. The Bertz CT molecular complexity index is 2070. The second-order valence-electron chi connectivity index (χ2n) is 10.9. The number of aromatic hydroxyl groups is 1. The first-order valence-corrected chi connectivity index (χ1v) is 15.3. The summed E-state index contributed by atoms with van der Waals surface area (Å²) in [5.74, 6) is 1.40. The second-order valence-corrected chi connectivity index (χ2v) is 10.9. The Kier molecular flexibility index (Phi) is 8.21. The molecular formula is C41H37NO2. The topological polar surface area (TPSA) is 32.7 Å². The highest BCUT2D eigenvalue weighted by Crippen LogP contribution is 2.38. The zero-order valence-electron chi connectivity index (χ0n) is 25.7. The molecular weight excluding hydrogens is 538 g/mol. The van der Waals surface area contributed by atoms with E-state index in [1.807, 2.05) is 32.0 Å². The van der Waals surface area contributed by atoms with Gasteiger partial charge >= 0.3 is 0 Å². The van der Waals surface area contributed by atoms with Crippen LogP contribution in [0.15, 0.2) is 140 Å². The quantitative estimate of drug-likeness (QED) is 0.214. The smallest absolute Gasteiger partial charge is 0.119 e. The first-order valence-electron chi connectivity index (χ1n) is 15.3. The maximum absolute atomic E-state index is 9.82. The molecule has 3 nitrogen and oxygen atoms in total. The molecule has 0 aliphatic carbocycles. The van der Waals surface area contributed by atoms with Crippen molar-refractivity contribution in [2.24, 2.45) is 0 Å². The molecule has 7 aromatic rings. The van der Waals surface area contributed by atoms with E-state index in [4.69, 9.17) is 4.74 Å². The Morgan fingerprint density at radius 1 is 0.500 bits per heavy atom. The normalized spacial score (nSPS) is 11.6. The largest absolute Gasteiger partial charge is 0.508 e. The maximum atomic E-state index is 9.82. The van der Waals surface area contributed by atoms with Gasteiger partial charge in [-0.1, -0.05) is 99.6 Å². The summed E-state index contributed by atoms with van der Waals surface area (Å²) in [4.78, 5) is 2.31. The van der Waals surface area contributed by atoms with E-state index in [0.717, 1.165) is 39.0 Å². The van der Waals surface area contributed by atoms with Crippen LogP contribution >= 0.6 is 0 Å². The summed E-state index contributed by atoms with van der Waals surface area (Å²) in [6.07, 6.45) is 0. The summed E-state index contributed by atoms with van der Waals surface area (Å²) < 4.78 is 5.43. The Balaban J connectivity index is 0.00000168. The lowest BCUT2D eigenvalue weighted by Gasteiger charge is -2.26. The molecule has 0 saturated carbocycles. The van der Waals surface area contributed by atoms with E-state index in [1.165, 1.54) is 27.3 Å². The fourth-order valence-corrected chi connectivity index (χ4v) is 5.87. The first-order chi connectivity index (χ1) is 21.6. The minimum atomic E-state index is 0.240. The van der Waals surface area contributed by atoms with Gasteiger partial charge in [0.1, 0.15) is 11.5 Å². The van der Waals surface area contributed by atoms with Crippen LogP contribution in [0.5, 0.6) is 11.5 Å². The number of methoxy groups -OCH3 is 1. The molecule has 7 rings (SSSR count). The van der Waals surface area contributed by atoms with Gasteiger partial charge in [0, 0.05) is 23.0 Å². The molecule has 44 heavy (non-hydrogen) atoms. The fourth-order valence-electron chi connectivity index (χ4n) is 5.87. The number of para-hydroxylation sites is 1. The third kappa shape index (κ3) is 5.69. The Labute approximate surface area is 259 Å². The molecule has 0 saturated heterocycles. The molecule has 0 aliphatic rings. The molecule has 1 unspecified atom stereocenters. The molecule has 3 heteroatoms. The van der Waals surface area contributed by atoms with Gasteiger partial charge in [0.25, 0.3) is 0 Å². The monoisotopic (exact) mass is 575 g/mol. The number of fused-ring (bicyclic) bond motifs is 3. The molecule has 1 atom stereocenters. The highest BCUT2D eigenvalue weighted by molar-refractivity contribution is 5.93. The summed E-state index contributed by atoms with van der Waals surface area (Å²) in [6.45, 7) is 6.25. The Hall–Kier alpha value is -5.28. The zero-order chi connectivity index (χ0) is 30.6. The summed E-state index contributed by atoms with van der Waals surface area (Å²) in [5, 5.41) is 16.7. The predicted molar refractivity (Wildman–Crippen MR) is 187 cm³/mol. The summed E-state index contributed by atoms with van der Waals surface area (Å²) in [5.41, 5.74) is 5.86. The maximum Gasteiger partial charge on any atom is 0.119 e. The molecule has 0 spiro atoms. The van der Waals surface area contributed by atoms with E-state index in [2.05, 4.69) is 127 Å². The zero-order valence-corrected chi connectivity index (χ0v) is 25.7. The van der Waals surface area contributed by atoms with Crippen molar-refractivity contribution >= 4 is 49.4 Å². The van der Waals surface area contributed by atoms with Crippen molar-refractivity contribution in [1.29, 1.82) is 0 Å². The molecule has 0 bridgehead atoms. The highest BCUT2D eigenvalue weighted by Gasteiger charge is 2.15. The predicted octanol–water partition coefficient (Wildman–Crippen LogP) is 11.5. The number of phenolic OH excluding ortho intramolecular Hbond substituents is 1. The molecule has 0 fully saturated rings. The van der Waals surface area contributed by atoms with Crippen LogP contribution in [-0.4, -0.2) is 12.2 Å². The van der Waals surface area contributed by atoms with Crippen LogP contribution < -0.4 is 9.64 Å². The van der Waals surface area contributed by atoms with E-state index in [9.17, 15) is 5.11 Å². The van der Waals surface area contributed by atoms with E-state index in [-0.39, 0.29) is 5.92 Å². The van der Waals surface area contributed by atoms with Crippen LogP contribution in [0.3, 0.4) is 0 Å². The minimum absolute atomic E-state index is 0.240. The van der Waals surface area contributed by atoms with Crippen LogP contribution in [0, 0.1) is 0 Å². The number of hydrogen-bond acceptors (Lipinski definition) is 3. The van der Waals surface area contributed by atoms with Crippen molar-refractivity contribution in [3.63, 3.8) is 0 Å². The molecule has 218 valence electrons. The van der Waals surface area contributed by atoms with Gasteiger partial charge in [-0.05, 0) is 104 Å². The number of anilines is 3. The van der Waals surface area contributed by atoms with Gasteiger partial charge in [-0.15, -0.1) is 0 Å². The summed E-state index contributed by atoms with van der Waals surface area (Å²) in [6, 6.07) is 48.8. The number of ether oxygens (including phenoxy) is 1. The van der Waals surface area contributed by atoms with Gasteiger partial charge in [-0.3, -0.25) is 0 Å². The van der Waals surface area contributed by atoms with Crippen LogP contribution in [0.1, 0.15) is 37.8 Å². The van der Waals surface area contributed by atoms with E-state index in [1.54, 1.807) is 13.2 Å². The van der Waals surface area contributed by atoms with Gasteiger partial charge in [0.05, 0.1) is 7.11 Å². The molecule has 0 aromatic heterocycles. The van der Waals surface area contributed by atoms with Gasteiger partial charge in [0.15, 0.2) is 0 Å². The number of hydrogen-bond donors (Lipinski definition) is 1. The molecule has 0 aliphatic heterocycles. The molecule has 1 N–H and O–H groups in total. The third-order valence-corrected chi connectivity index (χ3v) is 8.26. The lowest BCUT2D eigenvalue weighted by molar-refractivity contribution is 0.415. The lowest BCUT2D eigenvalue weighted by atomic mass is 9.90. The highest BCUT2D eigenvalue weighted by atomic mass is 16.5. The molecule has 0 amide bonds. The van der Waals surface area contributed by atoms with Crippen molar-refractivity contribution in [2.75, 3.05) is 12.0 Å². The summed E-state index contributed by atoms with van der Waals surface area (Å²) in [7, 11) is 1.70. The van der Waals surface area contributed by atoms with Crippen LogP contribution in [0.4, 0.5) is 17.1 Å². The first kappa shape index (κ1) is 28.8. The average Bonchev–Trinajstić information content (AvgIpc) is 3.08. The van der Waals surface area contributed by atoms with Crippen molar-refractivity contribution in [2.45, 2.75) is 26.7 Å². The number of rotatable bonds is 6. The standard InChI is InChI=1S/C39H31NO2.C2H6/c1-26(28-9-11-33-24-38(41)18-14-30(33)21-28)27-8-10-31-22-36(16-12-29(31)20-27)40(35-6-4-3-5-7-35)37-17-13-34-25-39(42-2)19-15-32(34)23-37;1-2/h3-26,41H,1-2H3;1-2H3. The van der Waals surface area contributed by atoms with Crippen molar-refractivity contribution in [3.8, 4) is 11.5 Å². The van der Waals surface area contributed by atoms with Gasteiger partial charge in [-0.25, -0.2) is 0 Å². The summed E-state index contributed by atoms with van der Waals surface area (Å²) >= 11 is 0. The van der Waals surface area contributed by atoms with Crippen molar-refractivity contribution in [3.05, 3.63) is 151 Å². The van der Waals surface area contributed by atoms with E-state index in [0.29, 0.717) is 5.75 Å². The average molecular weight is 576 g/mol. The number of nitrogens with zero attached hydrogens (tertiary/aromatic N) is 1. The molecule has 7 aromatic carbocycles. The minimum Gasteiger partial charge on any atom is -0.508 e. The van der Waals surface area contributed by atoms with Crippen LogP contribution in [0.25, 0.3) is 32.3 Å². The fraction of sp³-hybridized carbons (Fsp3) is 0.122. The Morgan fingerprint density at radius 2 is 0.977 bits per heavy atom. The van der Waals surface area contributed by atoms with Crippen LogP contribution in [-0.2, 0) is 0 Å². The number of benzene rings is 7. The van der Waals surface area contributed by atoms with Crippen LogP contribution in [0.2, 0.25) is 0 Å². The molecule has 0 heterocycles. The van der Waals surface area contributed by atoms with E-state index >= 15 is 0 Å². The van der Waals surface area contributed by atoms with E-state index < -0.39 is 0 Å². The van der Waals surface area contributed by atoms with Crippen molar-refractivity contribution < 1.29 is 9.84 Å². The third-order valence-electron chi connectivity index (χ3n) is 8.26.